The Morgan fingerprint density at radius 3 is 1.26 bits per heavy atom. The monoisotopic (exact) mass is 925 g/mol. The zero-order valence-corrected chi connectivity index (χ0v) is 43.4. The van der Waals surface area contributed by atoms with Gasteiger partial charge in [0, 0.05) is 19.3 Å². The molecule has 0 aromatic heterocycles. The van der Waals surface area contributed by atoms with Crippen LogP contribution in [0.1, 0.15) is 226 Å². The Labute approximate surface area is 406 Å². The minimum atomic E-state index is -0.879. The summed E-state index contributed by atoms with van der Waals surface area (Å²) in [4.78, 5) is 37.2. The summed E-state index contributed by atoms with van der Waals surface area (Å²) >= 11 is 0. The Morgan fingerprint density at radius 1 is 0.470 bits per heavy atom. The molecule has 0 amide bonds. The van der Waals surface area contributed by atoms with Gasteiger partial charge in [-0.25, -0.2) is 4.79 Å². The zero-order valence-electron chi connectivity index (χ0n) is 43.4. The SMILES string of the molecule is CC/C=C/C/C=C/C/C=C/C/C=C/CCCCCCCCCC(=O)OCC(COCCC(C(=O)O)[N+](C)(C)C)OC(=O)CCCCCCCCC/C=C/C/C=C/CCCCCCCCCC. The molecule has 2 atom stereocenters. The van der Waals surface area contributed by atoms with Crippen molar-refractivity contribution in [2.45, 2.75) is 238 Å². The number of ether oxygens (including phenoxy) is 3. The van der Waals surface area contributed by atoms with Crippen molar-refractivity contribution in [2.75, 3.05) is 41.0 Å². The van der Waals surface area contributed by atoms with E-state index in [0.29, 0.717) is 19.3 Å². The predicted octanol–water partition coefficient (Wildman–Crippen LogP) is 15.9. The van der Waals surface area contributed by atoms with E-state index in [-0.39, 0.29) is 36.2 Å². The van der Waals surface area contributed by atoms with E-state index in [2.05, 4.69) is 86.8 Å². The minimum absolute atomic E-state index is 0.0516. The van der Waals surface area contributed by atoms with Crippen LogP contribution >= 0.6 is 0 Å². The average Bonchev–Trinajstić information content (AvgIpc) is 3.28. The molecule has 0 heterocycles. The smallest absolute Gasteiger partial charge is 0.362 e. The third-order valence-electron chi connectivity index (χ3n) is 11.8. The number of allylic oxidation sites excluding steroid dienone is 12. The van der Waals surface area contributed by atoms with Crippen molar-refractivity contribution in [3.8, 4) is 0 Å². The van der Waals surface area contributed by atoms with Gasteiger partial charge < -0.3 is 23.8 Å². The van der Waals surface area contributed by atoms with Gasteiger partial charge in [-0.05, 0) is 83.5 Å². The Morgan fingerprint density at radius 2 is 0.848 bits per heavy atom. The molecule has 0 spiro atoms. The molecule has 0 bridgehead atoms. The third-order valence-corrected chi connectivity index (χ3v) is 11.8. The summed E-state index contributed by atoms with van der Waals surface area (Å²) in [5, 5.41) is 9.67. The molecule has 66 heavy (non-hydrogen) atoms. The second-order valence-electron chi connectivity index (χ2n) is 19.1. The van der Waals surface area contributed by atoms with Crippen molar-refractivity contribution in [3.05, 3.63) is 72.9 Å². The van der Waals surface area contributed by atoms with Gasteiger partial charge in [0.05, 0.1) is 34.4 Å². The van der Waals surface area contributed by atoms with Gasteiger partial charge in [-0.1, -0.05) is 196 Å². The van der Waals surface area contributed by atoms with Gasteiger partial charge in [0.15, 0.2) is 12.1 Å². The lowest BCUT2D eigenvalue weighted by atomic mass is 10.1. The van der Waals surface area contributed by atoms with Crippen molar-refractivity contribution < 1.29 is 38.2 Å². The number of aliphatic carboxylic acids is 1. The maximum Gasteiger partial charge on any atom is 0.362 e. The Bertz CT molecular complexity index is 1310. The van der Waals surface area contributed by atoms with Crippen molar-refractivity contribution in [1.82, 2.24) is 0 Å². The van der Waals surface area contributed by atoms with E-state index in [1.807, 2.05) is 21.1 Å². The fourth-order valence-electron chi connectivity index (χ4n) is 7.70. The fourth-order valence-corrected chi connectivity index (χ4v) is 7.70. The number of unbranched alkanes of at least 4 members (excludes halogenated alkanes) is 22. The van der Waals surface area contributed by atoms with Crippen LogP contribution in [-0.2, 0) is 28.6 Å². The van der Waals surface area contributed by atoms with Gasteiger partial charge in [0.25, 0.3) is 0 Å². The van der Waals surface area contributed by atoms with Gasteiger partial charge in [0.1, 0.15) is 6.61 Å². The molecule has 0 aliphatic carbocycles. The number of carbonyl (C=O) groups is 3. The second-order valence-corrected chi connectivity index (χ2v) is 19.1. The van der Waals surface area contributed by atoms with Crippen LogP contribution in [-0.4, -0.2) is 80.6 Å². The van der Waals surface area contributed by atoms with Crippen molar-refractivity contribution in [3.63, 3.8) is 0 Å². The first-order valence-corrected chi connectivity index (χ1v) is 27.0. The molecule has 380 valence electrons. The minimum Gasteiger partial charge on any atom is -0.477 e. The Balaban J connectivity index is 4.26. The molecular weight excluding hydrogens is 823 g/mol. The first kappa shape index (κ1) is 62.8. The number of hydrogen-bond donors (Lipinski definition) is 1. The van der Waals surface area contributed by atoms with Crippen molar-refractivity contribution >= 4 is 17.9 Å². The van der Waals surface area contributed by atoms with E-state index in [9.17, 15) is 19.5 Å². The number of carbonyl (C=O) groups excluding carboxylic acids is 2. The molecule has 0 aliphatic heterocycles. The third kappa shape index (κ3) is 45.9. The molecule has 0 saturated carbocycles. The first-order valence-electron chi connectivity index (χ1n) is 27.0. The molecular formula is C58H102NO7+. The number of carboxylic acid groups (broad SMARTS) is 1. The largest absolute Gasteiger partial charge is 0.477 e. The highest BCUT2D eigenvalue weighted by Gasteiger charge is 2.31. The van der Waals surface area contributed by atoms with E-state index in [0.717, 1.165) is 83.5 Å². The van der Waals surface area contributed by atoms with Gasteiger partial charge in [-0.15, -0.1) is 0 Å². The van der Waals surface area contributed by atoms with Crippen LogP contribution < -0.4 is 0 Å². The summed E-state index contributed by atoms with van der Waals surface area (Å²) in [5.41, 5.74) is 0. The number of carboxylic acids is 1. The summed E-state index contributed by atoms with van der Waals surface area (Å²) in [6.45, 7) is 4.62. The van der Waals surface area contributed by atoms with Crippen LogP contribution in [0.2, 0.25) is 0 Å². The number of rotatable bonds is 48. The second kappa shape index (κ2) is 48.2. The van der Waals surface area contributed by atoms with Crippen LogP contribution in [0.25, 0.3) is 0 Å². The molecule has 8 nitrogen and oxygen atoms in total. The maximum absolute atomic E-state index is 12.8. The number of nitrogens with zero attached hydrogens (tertiary/aromatic N) is 1. The van der Waals surface area contributed by atoms with Gasteiger partial charge in [0.2, 0.25) is 0 Å². The molecule has 0 rings (SSSR count). The van der Waals surface area contributed by atoms with E-state index in [1.54, 1.807) is 0 Å². The molecule has 1 N–H and O–H groups in total. The summed E-state index contributed by atoms with van der Waals surface area (Å²) in [6.07, 6.45) is 62.4. The number of likely N-dealkylation sites (N-methyl/N-ethyl adjacent to an activating group) is 1. The quantitative estimate of drug-likeness (QED) is 0.0281. The van der Waals surface area contributed by atoms with Crippen LogP contribution in [0.4, 0.5) is 0 Å². The van der Waals surface area contributed by atoms with Crippen molar-refractivity contribution in [2.24, 2.45) is 0 Å². The highest BCUT2D eigenvalue weighted by molar-refractivity contribution is 5.72. The standard InChI is InChI=1S/C58H101NO7/c1-6-8-10-12-14-16-18-20-22-24-26-28-29-31-33-35-37-39-41-43-45-47-49-57(61)66-54(52-64-51-50-55(58(62)63)59(3,4)5)53-65-56(60)48-46-44-42-40-38-36-34-32-30-27-25-23-21-19-17-15-13-11-9-7-2/h9,11,15,17,21,23-24,26-27,29-31,54-55H,6-8,10,12-14,16,18-20,22,25,28,32-53H2,1-5H3/p+1/b11-9+,17-15+,23-21+,26-24+,30-27+,31-29+. The highest BCUT2D eigenvalue weighted by Crippen LogP contribution is 2.15. The zero-order chi connectivity index (χ0) is 48.4. The summed E-state index contributed by atoms with van der Waals surface area (Å²) in [6, 6.07) is -0.622. The van der Waals surface area contributed by atoms with Crippen LogP contribution in [0.15, 0.2) is 72.9 Å². The first-order chi connectivity index (χ1) is 32.1. The van der Waals surface area contributed by atoms with Gasteiger partial charge in [-0.2, -0.15) is 0 Å². The normalized spacial score (nSPS) is 13.4. The summed E-state index contributed by atoms with van der Waals surface area (Å²) in [7, 11) is 5.53. The molecule has 0 aliphatic rings. The molecule has 0 saturated heterocycles. The molecule has 0 aromatic rings. The lowest BCUT2D eigenvalue weighted by Crippen LogP contribution is -2.50. The van der Waals surface area contributed by atoms with Gasteiger partial charge >= 0.3 is 17.9 Å². The summed E-state index contributed by atoms with van der Waals surface area (Å²) < 4.78 is 17.4. The van der Waals surface area contributed by atoms with Crippen LogP contribution in [0.3, 0.4) is 0 Å². The van der Waals surface area contributed by atoms with E-state index < -0.39 is 18.1 Å². The molecule has 8 heteroatoms. The topological polar surface area (TPSA) is 99.1 Å². The predicted molar refractivity (Wildman–Crippen MR) is 280 cm³/mol. The lowest BCUT2D eigenvalue weighted by Gasteiger charge is -2.31. The van der Waals surface area contributed by atoms with Crippen LogP contribution in [0.5, 0.6) is 0 Å². The molecule has 2 unspecified atom stereocenters. The Hall–Kier alpha value is -3.23. The van der Waals surface area contributed by atoms with Crippen molar-refractivity contribution in [1.29, 1.82) is 0 Å². The van der Waals surface area contributed by atoms with Crippen LogP contribution in [0, 0.1) is 0 Å². The van der Waals surface area contributed by atoms with Gasteiger partial charge in [-0.3, -0.25) is 9.59 Å². The van der Waals surface area contributed by atoms with E-state index >= 15 is 0 Å². The summed E-state index contributed by atoms with van der Waals surface area (Å²) in [5.74, 6) is -1.49. The maximum atomic E-state index is 12.8. The number of hydrogen-bond acceptors (Lipinski definition) is 6. The van der Waals surface area contributed by atoms with E-state index in [1.165, 1.54) is 109 Å². The molecule has 0 aromatic carbocycles. The molecule has 0 fully saturated rings. The number of quaternary nitrogens is 1. The Kier molecular flexibility index (Phi) is 45.9. The fraction of sp³-hybridized carbons (Fsp3) is 0.741. The average molecular weight is 925 g/mol. The number of esters is 2. The molecule has 0 radical (unpaired) electrons. The van der Waals surface area contributed by atoms with E-state index in [4.69, 9.17) is 14.2 Å². The highest BCUT2D eigenvalue weighted by atomic mass is 16.6. The lowest BCUT2D eigenvalue weighted by molar-refractivity contribution is -0.887.